The van der Waals surface area contributed by atoms with E-state index < -0.39 is 0 Å². The van der Waals surface area contributed by atoms with Crippen LogP contribution in [0.5, 0.6) is 0 Å². The lowest BCUT2D eigenvalue weighted by Crippen LogP contribution is -2.35. The van der Waals surface area contributed by atoms with E-state index in [9.17, 15) is 0 Å². The first-order valence-corrected chi connectivity index (χ1v) is 8.97. The van der Waals surface area contributed by atoms with Crippen LogP contribution in [-0.2, 0) is 11.3 Å². The predicted molar refractivity (Wildman–Crippen MR) is 102 cm³/mol. The number of nitrogens with zero attached hydrogens (tertiary/aromatic N) is 4. The maximum absolute atomic E-state index is 8.83. The molecule has 8 nitrogen and oxygen atoms in total. The second-order valence-electron chi connectivity index (χ2n) is 5.71. The maximum Gasteiger partial charge on any atom is 0.201 e. The van der Waals surface area contributed by atoms with Crippen molar-refractivity contribution >= 4 is 28.6 Å². The van der Waals surface area contributed by atoms with E-state index in [0.717, 1.165) is 49.1 Å². The van der Waals surface area contributed by atoms with Crippen molar-refractivity contribution in [2.45, 2.75) is 6.54 Å². The van der Waals surface area contributed by atoms with Crippen LogP contribution in [0.15, 0.2) is 34.7 Å². The smallest absolute Gasteiger partial charge is 0.201 e. The molecule has 0 atom stereocenters. The highest BCUT2D eigenvalue weighted by atomic mass is 32.1. The monoisotopic (exact) mass is 369 g/mol. The van der Waals surface area contributed by atoms with Gasteiger partial charge in [0.25, 0.3) is 0 Å². The van der Waals surface area contributed by atoms with Gasteiger partial charge < -0.3 is 10.5 Å². The molecule has 1 aromatic heterocycles. The highest BCUT2D eigenvalue weighted by Crippen LogP contribution is 2.25. The number of aromatic nitrogens is 1. The normalized spacial score (nSPS) is 15.4. The van der Waals surface area contributed by atoms with Crippen molar-refractivity contribution in [1.29, 1.82) is 10.7 Å². The molecule has 0 amide bonds. The summed E-state index contributed by atoms with van der Waals surface area (Å²) in [6, 6.07) is 9.33. The molecule has 0 saturated carbocycles. The van der Waals surface area contributed by atoms with Gasteiger partial charge in [-0.25, -0.2) is 4.98 Å². The number of hydrogen-bond acceptors (Lipinski definition) is 8. The largest absolute Gasteiger partial charge is 0.382 e. The number of thiazole rings is 1. The molecule has 1 saturated heterocycles. The summed E-state index contributed by atoms with van der Waals surface area (Å²) in [5, 5.41) is 22.9. The third-order valence-corrected chi connectivity index (χ3v) is 4.77. The van der Waals surface area contributed by atoms with Crippen LogP contribution in [0, 0.1) is 16.7 Å². The van der Waals surface area contributed by atoms with Gasteiger partial charge in [-0.2, -0.15) is 10.4 Å². The number of amidine groups is 1. The Morgan fingerprint density at radius 2 is 2.12 bits per heavy atom. The zero-order valence-corrected chi connectivity index (χ0v) is 14.9. The van der Waals surface area contributed by atoms with Crippen LogP contribution >= 0.6 is 11.3 Å². The van der Waals surface area contributed by atoms with Gasteiger partial charge in [-0.05, 0) is 24.3 Å². The molecule has 26 heavy (non-hydrogen) atoms. The van der Waals surface area contributed by atoms with E-state index in [1.165, 1.54) is 0 Å². The van der Waals surface area contributed by atoms with Crippen LogP contribution in [0.1, 0.15) is 5.69 Å². The van der Waals surface area contributed by atoms with Crippen molar-refractivity contribution in [1.82, 2.24) is 9.88 Å². The lowest BCUT2D eigenvalue weighted by Gasteiger charge is -2.25. The summed E-state index contributed by atoms with van der Waals surface area (Å²) in [7, 11) is 0. The molecule has 0 unspecified atom stereocenters. The van der Waals surface area contributed by atoms with Gasteiger partial charge in [0.1, 0.15) is 11.1 Å². The Bertz CT molecular complexity index is 832. The van der Waals surface area contributed by atoms with E-state index in [0.29, 0.717) is 5.69 Å². The van der Waals surface area contributed by atoms with Gasteiger partial charge in [0, 0.05) is 30.6 Å². The number of hydrogen-bond donors (Lipinski definition) is 3. The van der Waals surface area contributed by atoms with Crippen LogP contribution in [0.2, 0.25) is 0 Å². The second-order valence-corrected chi connectivity index (χ2v) is 6.57. The number of morpholine rings is 1. The number of anilines is 1. The molecule has 1 aliphatic rings. The molecular formula is C17H19N7OS. The van der Waals surface area contributed by atoms with Crippen molar-refractivity contribution in [2.75, 3.05) is 31.7 Å². The molecule has 134 valence electrons. The Morgan fingerprint density at radius 3 is 2.77 bits per heavy atom. The van der Waals surface area contributed by atoms with E-state index in [-0.39, 0.29) is 11.5 Å². The van der Waals surface area contributed by atoms with E-state index in [1.54, 1.807) is 17.4 Å². The summed E-state index contributed by atoms with van der Waals surface area (Å²) in [5.74, 6) is -0.368. The Hall–Kier alpha value is -2.80. The van der Waals surface area contributed by atoms with E-state index in [4.69, 9.17) is 26.1 Å². The fraction of sp³-hybridized carbons (Fsp3) is 0.294. The molecule has 0 spiro atoms. The quantitative estimate of drug-likeness (QED) is 0.406. The first-order valence-electron chi connectivity index (χ1n) is 8.09. The molecule has 1 aromatic carbocycles. The van der Waals surface area contributed by atoms with Gasteiger partial charge in [-0.15, -0.1) is 11.3 Å². The standard InChI is InChI=1S/C17H19N7OS/c18-9-15(16(19)20)23-22-13-3-1-12(2-4-13)17-21-14(11-26-17)10-24-5-7-25-8-6-24/h1-4,11,22H,5-8,10H2,(H3,19,20)/b23-15+. The fourth-order valence-corrected chi connectivity index (χ4v) is 3.27. The Balaban J connectivity index is 1.63. The number of ether oxygens (including phenoxy) is 1. The molecule has 0 bridgehead atoms. The molecule has 9 heteroatoms. The van der Waals surface area contributed by atoms with Crippen molar-refractivity contribution in [2.24, 2.45) is 10.8 Å². The zero-order valence-electron chi connectivity index (χ0n) is 14.1. The summed E-state index contributed by atoms with van der Waals surface area (Å²) in [6.45, 7) is 4.30. The minimum atomic E-state index is -0.368. The third kappa shape index (κ3) is 4.64. The van der Waals surface area contributed by atoms with Crippen LogP contribution in [0.3, 0.4) is 0 Å². The molecule has 1 fully saturated rings. The number of nitrogens with two attached hydrogens (primary N) is 1. The molecule has 1 aliphatic heterocycles. The van der Waals surface area contributed by atoms with Crippen molar-refractivity contribution in [3.05, 3.63) is 35.3 Å². The highest BCUT2D eigenvalue weighted by molar-refractivity contribution is 7.13. The van der Waals surface area contributed by atoms with Gasteiger partial charge in [0.15, 0.2) is 5.84 Å². The van der Waals surface area contributed by atoms with Crippen molar-refractivity contribution in [3.8, 4) is 16.6 Å². The van der Waals surface area contributed by atoms with Gasteiger partial charge in [0.05, 0.1) is 24.6 Å². The highest BCUT2D eigenvalue weighted by Gasteiger charge is 2.13. The average molecular weight is 369 g/mol. The summed E-state index contributed by atoms with van der Waals surface area (Å²) < 4.78 is 5.37. The first-order chi connectivity index (χ1) is 12.7. The number of hydrazone groups is 1. The van der Waals surface area contributed by atoms with E-state index in [2.05, 4.69) is 20.8 Å². The van der Waals surface area contributed by atoms with Crippen LogP contribution in [0.25, 0.3) is 10.6 Å². The van der Waals surface area contributed by atoms with Gasteiger partial charge in [-0.3, -0.25) is 15.7 Å². The zero-order chi connectivity index (χ0) is 18.4. The number of nitriles is 1. The minimum Gasteiger partial charge on any atom is -0.382 e. The summed E-state index contributed by atoms with van der Waals surface area (Å²) in [6.07, 6.45) is 0. The first kappa shape index (κ1) is 18.0. The van der Waals surface area contributed by atoms with E-state index in [1.807, 2.05) is 24.3 Å². The van der Waals surface area contributed by atoms with Crippen LogP contribution in [0.4, 0.5) is 5.69 Å². The number of benzene rings is 1. The van der Waals surface area contributed by atoms with Gasteiger partial charge >= 0.3 is 0 Å². The van der Waals surface area contributed by atoms with Crippen molar-refractivity contribution in [3.63, 3.8) is 0 Å². The molecule has 4 N–H and O–H groups in total. The topological polar surface area (TPSA) is 123 Å². The molecule has 0 radical (unpaired) electrons. The number of rotatable bonds is 6. The van der Waals surface area contributed by atoms with Gasteiger partial charge in [0.2, 0.25) is 5.71 Å². The second kappa shape index (κ2) is 8.53. The Morgan fingerprint density at radius 1 is 1.38 bits per heavy atom. The van der Waals surface area contributed by atoms with Gasteiger partial charge in [-0.1, -0.05) is 0 Å². The molecule has 3 rings (SSSR count). The summed E-state index contributed by atoms with van der Waals surface area (Å²) >= 11 is 1.62. The average Bonchev–Trinajstić information content (AvgIpc) is 3.12. The van der Waals surface area contributed by atoms with Crippen LogP contribution in [-0.4, -0.2) is 47.7 Å². The molecular weight excluding hydrogens is 350 g/mol. The third-order valence-electron chi connectivity index (χ3n) is 3.83. The van der Waals surface area contributed by atoms with E-state index >= 15 is 0 Å². The fourth-order valence-electron chi connectivity index (χ4n) is 2.45. The summed E-state index contributed by atoms with van der Waals surface area (Å²) in [5.41, 5.74) is 10.6. The molecule has 0 aliphatic carbocycles. The number of nitrogens with one attached hydrogen (secondary N) is 2. The molecule has 2 aromatic rings. The van der Waals surface area contributed by atoms with Crippen molar-refractivity contribution < 1.29 is 4.74 Å². The predicted octanol–water partition coefficient (Wildman–Crippen LogP) is 1.87. The lowest BCUT2D eigenvalue weighted by atomic mass is 10.2. The minimum absolute atomic E-state index is 0.151. The SMILES string of the molecule is N#C/C(=N\Nc1ccc(-c2nc(CN3CCOCC3)cs2)cc1)C(=N)N. The lowest BCUT2D eigenvalue weighted by molar-refractivity contribution is 0.0337. The maximum atomic E-state index is 8.83. The summed E-state index contributed by atoms with van der Waals surface area (Å²) in [4.78, 5) is 7.06. The van der Waals surface area contributed by atoms with Crippen LogP contribution < -0.4 is 11.2 Å². The Kier molecular flexibility index (Phi) is 5.91. The molecule has 2 heterocycles. The Labute approximate surface area is 155 Å².